The molecule has 1 aliphatic heterocycles. The highest BCUT2D eigenvalue weighted by Gasteiger charge is 2.26. The van der Waals surface area contributed by atoms with Gasteiger partial charge >= 0.3 is 0 Å². The van der Waals surface area contributed by atoms with E-state index < -0.39 is 0 Å². The van der Waals surface area contributed by atoms with E-state index in [1.165, 1.54) is 0 Å². The van der Waals surface area contributed by atoms with Gasteiger partial charge in [0.05, 0.1) is 0 Å². The van der Waals surface area contributed by atoms with Crippen LogP contribution in [0.25, 0.3) is 0 Å². The molecule has 1 atom stereocenters. The molecule has 1 aliphatic rings. The van der Waals surface area contributed by atoms with Crippen LogP contribution in [0.15, 0.2) is 9.98 Å². The Morgan fingerprint density at radius 3 is 2.60 bits per heavy atom. The minimum atomic E-state index is -0.236. The Morgan fingerprint density at radius 2 is 2.13 bits per heavy atom. The van der Waals surface area contributed by atoms with E-state index in [4.69, 9.17) is 17.3 Å². The molecule has 0 fully saturated rings. The first-order chi connectivity index (χ1) is 6.83. The fraction of sp³-hybridized carbons (Fsp3) is 0.778. The first-order valence-electron chi connectivity index (χ1n) is 4.95. The quantitative estimate of drug-likeness (QED) is 0.695. The second-order valence-corrected chi connectivity index (χ2v) is 4.76. The smallest absolute Gasteiger partial charge is 0.224 e. The Bertz CT molecular complexity index is 291. The largest absolute Gasteiger partial charge is 0.369 e. The third-order valence-corrected chi connectivity index (χ3v) is 2.11. The molecule has 6 heteroatoms. The number of halogens is 1. The third-order valence-electron chi connectivity index (χ3n) is 1.93. The number of hydrogen-bond donors (Lipinski definition) is 2. The van der Waals surface area contributed by atoms with Gasteiger partial charge < -0.3 is 10.6 Å². The third kappa shape index (κ3) is 3.35. The van der Waals surface area contributed by atoms with Crippen molar-refractivity contribution in [2.75, 3.05) is 6.54 Å². The summed E-state index contributed by atoms with van der Waals surface area (Å²) in [4.78, 5) is 9.97. The standard InChI is InChI=1S/C9H18ClN5/c1-5-15-7(11)12-6(10)13-8(15)14-9(2,3)4/h8,14H,5H2,1-4H3,(H2,11,12,13). The zero-order valence-electron chi connectivity index (χ0n) is 9.58. The Hall–Kier alpha value is -0.810. The van der Waals surface area contributed by atoms with Crippen LogP contribution in [-0.2, 0) is 0 Å². The van der Waals surface area contributed by atoms with Crippen molar-refractivity contribution in [3.8, 4) is 0 Å². The van der Waals surface area contributed by atoms with Crippen LogP contribution in [0, 0.1) is 0 Å². The zero-order valence-corrected chi connectivity index (χ0v) is 10.3. The van der Waals surface area contributed by atoms with E-state index in [1.807, 2.05) is 11.8 Å². The number of nitrogens with two attached hydrogens (primary N) is 1. The highest BCUT2D eigenvalue weighted by molar-refractivity contribution is 6.65. The zero-order chi connectivity index (χ0) is 11.6. The minimum Gasteiger partial charge on any atom is -0.369 e. The van der Waals surface area contributed by atoms with E-state index in [0.717, 1.165) is 6.54 Å². The summed E-state index contributed by atoms with van der Waals surface area (Å²) in [6, 6.07) is 0. The first kappa shape index (κ1) is 12.3. The first-order valence-corrected chi connectivity index (χ1v) is 5.33. The molecule has 0 bridgehead atoms. The van der Waals surface area contributed by atoms with Crippen LogP contribution < -0.4 is 11.1 Å². The molecule has 3 N–H and O–H groups in total. The fourth-order valence-electron chi connectivity index (χ4n) is 1.32. The summed E-state index contributed by atoms with van der Waals surface area (Å²) in [5.74, 6) is 0.402. The van der Waals surface area contributed by atoms with Gasteiger partial charge in [0, 0.05) is 12.1 Å². The number of rotatable bonds is 2. The highest BCUT2D eigenvalue weighted by atomic mass is 35.5. The van der Waals surface area contributed by atoms with Crippen LogP contribution in [0.3, 0.4) is 0 Å². The van der Waals surface area contributed by atoms with Gasteiger partial charge in [0.2, 0.25) is 11.3 Å². The van der Waals surface area contributed by atoms with Crippen LogP contribution in [0.2, 0.25) is 0 Å². The molecule has 0 aromatic carbocycles. The number of hydrogen-bond acceptors (Lipinski definition) is 5. The van der Waals surface area contributed by atoms with E-state index in [0.29, 0.717) is 5.96 Å². The van der Waals surface area contributed by atoms with Gasteiger partial charge in [-0.15, -0.1) is 0 Å². The molecule has 0 aliphatic carbocycles. The van der Waals surface area contributed by atoms with Crippen LogP contribution in [0.4, 0.5) is 0 Å². The minimum absolute atomic E-state index is 0.0592. The molecular formula is C9H18ClN5. The molecule has 0 spiro atoms. The molecule has 15 heavy (non-hydrogen) atoms. The summed E-state index contributed by atoms with van der Waals surface area (Å²) in [5.41, 5.74) is 5.70. The van der Waals surface area contributed by atoms with Crippen LogP contribution in [0.5, 0.6) is 0 Å². The van der Waals surface area contributed by atoms with Gasteiger partial charge in [-0.2, -0.15) is 4.99 Å². The molecule has 0 radical (unpaired) electrons. The predicted octanol–water partition coefficient (Wildman–Crippen LogP) is 0.903. The van der Waals surface area contributed by atoms with E-state index in [9.17, 15) is 0 Å². The molecule has 0 aromatic heterocycles. The van der Waals surface area contributed by atoms with Crippen molar-refractivity contribution >= 4 is 22.9 Å². The normalized spacial score (nSPS) is 22.5. The molecule has 1 unspecified atom stereocenters. The molecule has 0 saturated heterocycles. The van der Waals surface area contributed by atoms with E-state index in [2.05, 4.69) is 36.1 Å². The Kier molecular flexibility index (Phi) is 3.57. The lowest BCUT2D eigenvalue weighted by molar-refractivity contribution is 0.223. The topological polar surface area (TPSA) is 66.0 Å². The van der Waals surface area contributed by atoms with Crippen molar-refractivity contribution in [2.45, 2.75) is 39.5 Å². The van der Waals surface area contributed by atoms with Crippen LogP contribution >= 0.6 is 11.6 Å². The Balaban J connectivity index is 2.83. The average Bonchev–Trinajstić information content (AvgIpc) is 1.99. The van der Waals surface area contributed by atoms with Gasteiger partial charge in [-0.25, -0.2) is 4.99 Å². The van der Waals surface area contributed by atoms with Gasteiger partial charge in [-0.3, -0.25) is 5.32 Å². The van der Waals surface area contributed by atoms with Crippen molar-refractivity contribution in [1.82, 2.24) is 10.2 Å². The Labute approximate surface area is 95.4 Å². The summed E-state index contributed by atoms with van der Waals surface area (Å²) in [7, 11) is 0. The van der Waals surface area contributed by atoms with Crippen molar-refractivity contribution in [1.29, 1.82) is 0 Å². The number of guanidine groups is 1. The summed E-state index contributed by atoms with van der Waals surface area (Å²) in [6.07, 6.45) is -0.236. The second-order valence-electron chi connectivity index (χ2n) is 4.42. The van der Waals surface area contributed by atoms with Gasteiger partial charge in [-0.1, -0.05) is 0 Å². The fourth-order valence-corrected chi connectivity index (χ4v) is 1.49. The lowest BCUT2D eigenvalue weighted by Crippen LogP contribution is -2.57. The van der Waals surface area contributed by atoms with Gasteiger partial charge in [-0.05, 0) is 39.3 Å². The second kappa shape index (κ2) is 4.37. The maximum atomic E-state index is 5.77. The number of nitrogens with one attached hydrogen (secondary N) is 1. The Morgan fingerprint density at radius 1 is 1.53 bits per heavy atom. The summed E-state index contributed by atoms with van der Waals surface area (Å²) in [5, 5.41) is 3.51. The van der Waals surface area contributed by atoms with Gasteiger partial charge in [0.1, 0.15) is 0 Å². The predicted molar refractivity (Wildman–Crippen MR) is 64.0 cm³/mol. The van der Waals surface area contributed by atoms with Crippen molar-refractivity contribution < 1.29 is 0 Å². The van der Waals surface area contributed by atoms with Gasteiger partial charge in [0.15, 0.2) is 6.29 Å². The number of nitrogens with zero attached hydrogens (tertiary/aromatic N) is 3. The molecule has 0 saturated carbocycles. The maximum absolute atomic E-state index is 5.77. The maximum Gasteiger partial charge on any atom is 0.224 e. The number of aliphatic imine (C=N–C) groups is 2. The van der Waals surface area contributed by atoms with Crippen LogP contribution in [-0.4, -0.2) is 34.5 Å². The molecule has 0 aromatic rings. The average molecular weight is 232 g/mol. The monoisotopic (exact) mass is 231 g/mol. The van der Waals surface area contributed by atoms with Crippen molar-refractivity contribution in [3.05, 3.63) is 0 Å². The molecule has 5 nitrogen and oxygen atoms in total. The van der Waals surface area contributed by atoms with E-state index in [1.54, 1.807) is 0 Å². The number of amidine groups is 1. The molecule has 1 rings (SSSR count). The SMILES string of the molecule is CCN1C(N)=NC(Cl)=NC1NC(C)(C)C. The lowest BCUT2D eigenvalue weighted by Gasteiger charge is -2.36. The summed E-state index contributed by atoms with van der Waals surface area (Å²) < 4.78 is 0. The molecule has 1 heterocycles. The van der Waals surface area contributed by atoms with Gasteiger partial charge in [0.25, 0.3) is 0 Å². The van der Waals surface area contributed by atoms with Crippen LogP contribution in [0.1, 0.15) is 27.7 Å². The van der Waals surface area contributed by atoms with Crippen molar-refractivity contribution in [3.63, 3.8) is 0 Å². The lowest BCUT2D eigenvalue weighted by atomic mass is 10.1. The summed E-state index contributed by atoms with van der Waals surface area (Å²) >= 11 is 5.77. The highest BCUT2D eigenvalue weighted by Crippen LogP contribution is 2.11. The van der Waals surface area contributed by atoms with Crippen molar-refractivity contribution in [2.24, 2.45) is 15.7 Å². The summed E-state index contributed by atoms with van der Waals surface area (Å²) in [6.45, 7) is 8.91. The molecule has 86 valence electrons. The molecular weight excluding hydrogens is 214 g/mol. The molecule has 0 amide bonds. The van der Waals surface area contributed by atoms with E-state index >= 15 is 0 Å². The van der Waals surface area contributed by atoms with E-state index in [-0.39, 0.29) is 17.1 Å².